The molecule has 2 heterocycles. The molecule has 7 nitrogen and oxygen atoms in total. The molecule has 0 atom stereocenters. The van der Waals surface area contributed by atoms with Gasteiger partial charge in [-0.05, 0) is 66.9 Å². The molecule has 38 heavy (non-hydrogen) atoms. The van der Waals surface area contributed by atoms with Gasteiger partial charge in [0.2, 0.25) is 0 Å². The summed E-state index contributed by atoms with van der Waals surface area (Å²) in [6.07, 6.45) is 1.80. The number of carbonyl (C=O) groups is 2. The highest BCUT2D eigenvalue weighted by Gasteiger charge is 2.22. The Balaban J connectivity index is 1.32. The maximum Gasteiger partial charge on any atom is 0.255 e. The average molecular weight is 578 g/mol. The molecule has 1 saturated heterocycles. The summed E-state index contributed by atoms with van der Waals surface area (Å²) in [5.41, 5.74) is 5.23. The van der Waals surface area contributed by atoms with Crippen molar-refractivity contribution in [2.75, 3.05) is 56.2 Å². The van der Waals surface area contributed by atoms with Crippen LogP contribution >= 0.6 is 15.9 Å². The lowest BCUT2D eigenvalue weighted by Gasteiger charge is -2.32. The van der Waals surface area contributed by atoms with Crippen molar-refractivity contribution < 1.29 is 14.3 Å². The quantitative estimate of drug-likeness (QED) is 0.380. The first-order valence-corrected chi connectivity index (χ1v) is 14.0. The minimum absolute atomic E-state index is 0.126. The third kappa shape index (κ3) is 6.62. The van der Waals surface area contributed by atoms with E-state index in [9.17, 15) is 9.59 Å². The van der Waals surface area contributed by atoms with Gasteiger partial charge in [0, 0.05) is 54.1 Å². The van der Waals surface area contributed by atoms with Gasteiger partial charge in [-0.1, -0.05) is 46.3 Å². The smallest absolute Gasteiger partial charge is 0.255 e. The predicted molar refractivity (Wildman–Crippen MR) is 154 cm³/mol. The molecule has 0 bridgehead atoms. The van der Waals surface area contributed by atoms with E-state index < -0.39 is 0 Å². The van der Waals surface area contributed by atoms with Crippen LogP contribution in [0, 0.1) is 0 Å². The zero-order valence-corrected chi connectivity index (χ0v) is 23.0. The lowest BCUT2D eigenvalue weighted by Crippen LogP contribution is -2.38. The van der Waals surface area contributed by atoms with Gasteiger partial charge in [-0.3, -0.25) is 14.5 Å². The Morgan fingerprint density at radius 1 is 0.895 bits per heavy atom. The van der Waals surface area contributed by atoms with Gasteiger partial charge in [-0.2, -0.15) is 0 Å². The summed E-state index contributed by atoms with van der Waals surface area (Å²) in [7, 11) is 0. The standard InChI is InChI=1S/C30H33BrN4O3/c31-25-8-3-7-23(19-25)29(36)33-26-9-10-28(35-14-11-22-5-1-2-6-24(22)21-35)27(20-26)30(37)32-12-4-13-34-15-17-38-18-16-34/h1-3,5-10,19-20H,4,11-18,21H2,(H,32,37)(H,33,36). The molecule has 3 aromatic rings. The molecule has 0 radical (unpaired) electrons. The van der Waals surface area contributed by atoms with E-state index in [1.165, 1.54) is 11.1 Å². The number of anilines is 2. The molecule has 198 valence electrons. The lowest BCUT2D eigenvalue weighted by molar-refractivity contribution is 0.0374. The second-order valence-electron chi connectivity index (χ2n) is 9.70. The van der Waals surface area contributed by atoms with Crippen LogP contribution in [0.3, 0.4) is 0 Å². The second kappa shape index (κ2) is 12.6. The van der Waals surface area contributed by atoms with Crippen LogP contribution in [0.15, 0.2) is 71.2 Å². The minimum Gasteiger partial charge on any atom is -0.379 e. The van der Waals surface area contributed by atoms with E-state index in [-0.39, 0.29) is 11.8 Å². The van der Waals surface area contributed by atoms with E-state index in [0.29, 0.717) is 23.4 Å². The van der Waals surface area contributed by atoms with Crippen molar-refractivity contribution in [1.82, 2.24) is 10.2 Å². The molecule has 1 fully saturated rings. The Hall–Kier alpha value is -3.20. The van der Waals surface area contributed by atoms with Gasteiger partial charge >= 0.3 is 0 Å². The van der Waals surface area contributed by atoms with Crippen LogP contribution in [-0.2, 0) is 17.7 Å². The molecular weight excluding hydrogens is 544 g/mol. The first-order valence-electron chi connectivity index (χ1n) is 13.2. The first kappa shape index (κ1) is 26.4. The van der Waals surface area contributed by atoms with Gasteiger partial charge in [0.25, 0.3) is 11.8 Å². The summed E-state index contributed by atoms with van der Waals surface area (Å²) in [6.45, 7) is 6.52. The van der Waals surface area contributed by atoms with E-state index in [2.05, 4.69) is 60.6 Å². The van der Waals surface area contributed by atoms with Gasteiger partial charge in [0.1, 0.15) is 0 Å². The van der Waals surface area contributed by atoms with E-state index in [1.54, 1.807) is 18.2 Å². The number of carbonyl (C=O) groups excluding carboxylic acids is 2. The van der Waals surface area contributed by atoms with Gasteiger partial charge in [0.15, 0.2) is 0 Å². The van der Waals surface area contributed by atoms with Crippen LogP contribution in [0.2, 0.25) is 0 Å². The molecule has 2 N–H and O–H groups in total. The molecule has 3 aromatic carbocycles. The first-order chi connectivity index (χ1) is 18.6. The number of halogens is 1. The highest BCUT2D eigenvalue weighted by Crippen LogP contribution is 2.30. The fraction of sp³-hybridized carbons (Fsp3) is 0.333. The van der Waals surface area contributed by atoms with Crippen LogP contribution in [0.1, 0.15) is 38.3 Å². The number of hydrogen-bond acceptors (Lipinski definition) is 5. The molecule has 8 heteroatoms. The fourth-order valence-corrected chi connectivity index (χ4v) is 5.43. The van der Waals surface area contributed by atoms with Crippen molar-refractivity contribution in [3.05, 3.63) is 93.5 Å². The van der Waals surface area contributed by atoms with Crippen LogP contribution in [0.4, 0.5) is 11.4 Å². The number of fused-ring (bicyclic) bond motifs is 1. The molecule has 0 aliphatic carbocycles. The minimum atomic E-state index is -0.220. The number of morpholine rings is 1. The van der Waals surface area contributed by atoms with Crippen molar-refractivity contribution in [1.29, 1.82) is 0 Å². The van der Waals surface area contributed by atoms with E-state index in [1.807, 2.05) is 24.3 Å². The van der Waals surface area contributed by atoms with Crippen molar-refractivity contribution in [3.63, 3.8) is 0 Å². The van der Waals surface area contributed by atoms with Crippen LogP contribution < -0.4 is 15.5 Å². The summed E-state index contributed by atoms with van der Waals surface area (Å²) in [5.74, 6) is -0.345. The molecule has 0 spiro atoms. The number of nitrogens with one attached hydrogen (secondary N) is 2. The predicted octanol–water partition coefficient (Wildman–Crippen LogP) is 4.72. The van der Waals surface area contributed by atoms with Crippen molar-refractivity contribution in [2.24, 2.45) is 0 Å². The highest BCUT2D eigenvalue weighted by atomic mass is 79.9. The number of amides is 2. The van der Waals surface area contributed by atoms with Gasteiger partial charge in [-0.15, -0.1) is 0 Å². The maximum absolute atomic E-state index is 13.5. The van der Waals surface area contributed by atoms with Crippen molar-refractivity contribution in [3.8, 4) is 0 Å². The average Bonchev–Trinajstić information content (AvgIpc) is 2.95. The zero-order chi connectivity index (χ0) is 26.3. The Bertz CT molecular complexity index is 1290. The van der Waals surface area contributed by atoms with E-state index >= 15 is 0 Å². The SMILES string of the molecule is O=C(Nc1ccc(N2CCc3ccccc3C2)c(C(=O)NCCCN2CCOCC2)c1)c1cccc(Br)c1. The molecule has 2 aliphatic rings. The monoisotopic (exact) mass is 576 g/mol. The number of ether oxygens (including phenoxy) is 1. The molecule has 0 saturated carbocycles. The van der Waals surface area contributed by atoms with Crippen LogP contribution in [0.25, 0.3) is 0 Å². The summed E-state index contributed by atoms with van der Waals surface area (Å²) in [4.78, 5) is 31.0. The van der Waals surface area contributed by atoms with Gasteiger partial charge in [-0.25, -0.2) is 0 Å². The Morgan fingerprint density at radius 3 is 2.53 bits per heavy atom. The fourth-order valence-electron chi connectivity index (χ4n) is 5.03. The van der Waals surface area contributed by atoms with Crippen LogP contribution in [-0.4, -0.2) is 62.7 Å². The Labute approximate surface area is 232 Å². The van der Waals surface area contributed by atoms with Crippen LogP contribution in [0.5, 0.6) is 0 Å². The summed E-state index contributed by atoms with van der Waals surface area (Å²) in [6, 6.07) is 21.3. The summed E-state index contributed by atoms with van der Waals surface area (Å²) < 4.78 is 6.26. The van der Waals surface area contributed by atoms with Crippen molar-refractivity contribution in [2.45, 2.75) is 19.4 Å². The Morgan fingerprint density at radius 2 is 1.71 bits per heavy atom. The van der Waals surface area contributed by atoms with E-state index in [4.69, 9.17) is 4.74 Å². The molecule has 0 unspecified atom stereocenters. The van der Waals surface area contributed by atoms with E-state index in [0.717, 1.165) is 68.9 Å². The Kier molecular flexibility index (Phi) is 8.73. The number of hydrogen-bond donors (Lipinski definition) is 2. The molecule has 2 aliphatic heterocycles. The summed E-state index contributed by atoms with van der Waals surface area (Å²) in [5, 5.41) is 6.07. The molecule has 5 rings (SSSR count). The molecule has 0 aromatic heterocycles. The highest BCUT2D eigenvalue weighted by molar-refractivity contribution is 9.10. The number of benzene rings is 3. The lowest BCUT2D eigenvalue weighted by atomic mass is 9.98. The van der Waals surface area contributed by atoms with Crippen molar-refractivity contribution >= 4 is 39.1 Å². The van der Waals surface area contributed by atoms with Gasteiger partial charge < -0.3 is 20.3 Å². The largest absolute Gasteiger partial charge is 0.379 e. The zero-order valence-electron chi connectivity index (χ0n) is 21.4. The molecule has 2 amide bonds. The number of rotatable bonds is 8. The maximum atomic E-state index is 13.5. The summed E-state index contributed by atoms with van der Waals surface area (Å²) >= 11 is 3.42. The topological polar surface area (TPSA) is 73.9 Å². The number of nitrogens with zero attached hydrogens (tertiary/aromatic N) is 2. The third-order valence-corrected chi connectivity index (χ3v) is 7.59. The normalized spacial score (nSPS) is 15.6. The molecular formula is C30H33BrN4O3. The second-order valence-corrected chi connectivity index (χ2v) is 10.6. The third-order valence-electron chi connectivity index (χ3n) is 7.10. The van der Waals surface area contributed by atoms with Gasteiger partial charge in [0.05, 0.1) is 18.8 Å².